The van der Waals surface area contributed by atoms with E-state index in [-0.39, 0.29) is 18.4 Å². The molecule has 29 heavy (non-hydrogen) atoms. The Hall–Kier alpha value is -2.57. The van der Waals surface area contributed by atoms with Crippen LogP contribution < -0.4 is 4.74 Å². The van der Waals surface area contributed by atoms with E-state index >= 15 is 0 Å². The summed E-state index contributed by atoms with van der Waals surface area (Å²) in [5.41, 5.74) is 1.65. The van der Waals surface area contributed by atoms with E-state index in [1.807, 2.05) is 37.3 Å². The Bertz CT molecular complexity index is 989. The van der Waals surface area contributed by atoms with Crippen LogP contribution in [0, 0.1) is 0 Å². The molecule has 1 aromatic heterocycles. The van der Waals surface area contributed by atoms with E-state index < -0.39 is 0 Å². The van der Waals surface area contributed by atoms with Crippen molar-refractivity contribution in [1.29, 1.82) is 0 Å². The van der Waals surface area contributed by atoms with Crippen molar-refractivity contribution >= 4 is 29.1 Å². The first-order valence-corrected chi connectivity index (χ1v) is 9.82. The molecule has 0 saturated carbocycles. The summed E-state index contributed by atoms with van der Waals surface area (Å²) in [5, 5.41) is 5.08. The summed E-state index contributed by atoms with van der Waals surface area (Å²) < 4.78 is 10.4. The molecule has 0 aliphatic heterocycles. The highest BCUT2D eigenvalue weighted by atomic mass is 35.5. The zero-order valence-electron chi connectivity index (χ0n) is 16.4. The maximum absolute atomic E-state index is 12.6. The number of halogens is 2. The van der Waals surface area contributed by atoms with Gasteiger partial charge in [0.15, 0.2) is 0 Å². The monoisotopic (exact) mass is 433 g/mol. The number of amides is 1. The predicted molar refractivity (Wildman–Crippen MR) is 112 cm³/mol. The molecule has 3 rings (SSSR count). The highest BCUT2D eigenvalue weighted by Crippen LogP contribution is 2.29. The molecule has 1 atom stereocenters. The van der Waals surface area contributed by atoms with Crippen LogP contribution in [-0.4, -0.2) is 35.1 Å². The minimum Gasteiger partial charge on any atom is -0.497 e. The largest absolute Gasteiger partial charge is 0.497 e. The summed E-state index contributed by atoms with van der Waals surface area (Å²) in [6.45, 7) is 1.92. The van der Waals surface area contributed by atoms with Crippen molar-refractivity contribution in [3.05, 3.63) is 64.0 Å². The molecule has 2 aromatic carbocycles. The van der Waals surface area contributed by atoms with Gasteiger partial charge in [0.1, 0.15) is 5.75 Å². The first-order chi connectivity index (χ1) is 13.9. The zero-order valence-corrected chi connectivity index (χ0v) is 17.9. The van der Waals surface area contributed by atoms with Crippen LogP contribution in [0.3, 0.4) is 0 Å². The standard InChI is InChI=1S/C21H21Cl2N3O3/c1-13(17-9-6-15(22)12-18(17)23)26(2)20(27)11-10-19-24-21(25-29-19)14-4-7-16(28-3)8-5-14/h4-9,12-13H,10-11H2,1-3H3. The number of aryl methyl sites for hydroxylation is 1. The highest BCUT2D eigenvalue weighted by molar-refractivity contribution is 6.35. The van der Waals surface area contributed by atoms with Gasteiger partial charge >= 0.3 is 0 Å². The Morgan fingerprint density at radius 1 is 1.21 bits per heavy atom. The van der Waals surface area contributed by atoms with Gasteiger partial charge in [0.05, 0.1) is 13.2 Å². The molecular formula is C21H21Cl2N3O3. The van der Waals surface area contributed by atoms with Crippen molar-refractivity contribution in [1.82, 2.24) is 15.0 Å². The van der Waals surface area contributed by atoms with E-state index in [2.05, 4.69) is 10.1 Å². The van der Waals surface area contributed by atoms with E-state index in [0.29, 0.717) is 28.2 Å². The molecule has 0 aliphatic rings. The van der Waals surface area contributed by atoms with Gasteiger partial charge in [0.2, 0.25) is 17.6 Å². The van der Waals surface area contributed by atoms with Crippen molar-refractivity contribution in [3.8, 4) is 17.1 Å². The summed E-state index contributed by atoms with van der Waals surface area (Å²) in [7, 11) is 3.35. The van der Waals surface area contributed by atoms with E-state index in [1.165, 1.54) is 0 Å². The lowest BCUT2D eigenvalue weighted by Gasteiger charge is -2.26. The maximum Gasteiger partial charge on any atom is 0.227 e. The lowest BCUT2D eigenvalue weighted by Crippen LogP contribution is -2.30. The summed E-state index contributed by atoms with van der Waals surface area (Å²) >= 11 is 12.2. The second kappa shape index (κ2) is 9.29. The number of hydrogen-bond acceptors (Lipinski definition) is 5. The van der Waals surface area contributed by atoms with Gasteiger partial charge in [0.25, 0.3) is 0 Å². The number of ether oxygens (including phenoxy) is 1. The lowest BCUT2D eigenvalue weighted by atomic mass is 10.1. The van der Waals surface area contributed by atoms with Gasteiger partial charge in [-0.2, -0.15) is 4.98 Å². The number of nitrogens with zero attached hydrogens (tertiary/aromatic N) is 3. The molecule has 0 spiro atoms. The third-order valence-electron chi connectivity index (χ3n) is 4.76. The average Bonchev–Trinajstić information content (AvgIpc) is 3.20. The molecule has 1 amide bonds. The molecule has 1 unspecified atom stereocenters. The third kappa shape index (κ3) is 5.08. The average molecular weight is 434 g/mol. The first-order valence-electron chi connectivity index (χ1n) is 9.06. The Kier molecular flexibility index (Phi) is 6.77. The number of rotatable bonds is 7. The van der Waals surface area contributed by atoms with Crippen molar-refractivity contribution in [2.75, 3.05) is 14.2 Å². The second-order valence-corrected chi connectivity index (χ2v) is 7.43. The summed E-state index contributed by atoms with van der Waals surface area (Å²) in [5.74, 6) is 1.59. The minimum absolute atomic E-state index is 0.0484. The molecule has 0 bridgehead atoms. The van der Waals surface area contributed by atoms with Crippen LogP contribution >= 0.6 is 23.2 Å². The smallest absolute Gasteiger partial charge is 0.227 e. The van der Waals surface area contributed by atoms with Crippen molar-refractivity contribution in [2.24, 2.45) is 0 Å². The number of aromatic nitrogens is 2. The Morgan fingerprint density at radius 2 is 1.93 bits per heavy atom. The molecular weight excluding hydrogens is 413 g/mol. The minimum atomic E-state index is -0.190. The number of methoxy groups -OCH3 is 1. The Labute approximate surface area is 179 Å². The van der Waals surface area contributed by atoms with E-state index in [9.17, 15) is 4.79 Å². The fourth-order valence-electron chi connectivity index (χ4n) is 2.87. The van der Waals surface area contributed by atoms with Gasteiger partial charge in [-0.3, -0.25) is 4.79 Å². The highest BCUT2D eigenvalue weighted by Gasteiger charge is 2.20. The van der Waals surface area contributed by atoms with Gasteiger partial charge in [-0.25, -0.2) is 0 Å². The van der Waals surface area contributed by atoms with Gasteiger partial charge in [-0.1, -0.05) is 34.4 Å². The van der Waals surface area contributed by atoms with Crippen molar-refractivity contribution in [3.63, 3.8) is 0 Å². The Balaban J connectivity index is 1.60. The van der Waals surface area contributed by atoms with E-state index in [4.69, 9.17) is 32.5 Å². The second-order valence-electron chi connectivity index (χ2n) is 6.59. The van der Waals surface area contributed by atoms with Crippen LogP contribution in [0.15, 0.2) is 47.0 Å². The molecule has 0 saturated heterocycles. The number of hydrogen-bond donors (Lipinski definition) is 0. The normalized spacial score (nSPS) is 11.9. The van der Waals surface area contributed by atoms with Crippen LogP contribution in [-0.2, 0) is 11.2 Å². The summed E-state index contributed by atoms with van der Waals surface area (Å²) in [6.07, 6.45) is 0.601. The fraction of sp³-hybridized carbons (Fsp3) is 0.286. The summed E-state index contributed by atoms with van der Waals surface area (Å²) in [6, 6.07) is 12.4. The molecule has 6 nitrogen and oxygen atoms in total. The van der Waals surface area contributed by atoms with Gasteiger partial charge < -0.3 is 14.2 Å². The SMILES string of the molecule is COc1ccc(-c2noc(CCC(=O)N(C)C(C)c3ccc(Cl)cc3Cl)n2)cc1. The number of carbonyl (C=O) groups is 1. The van der Waals surface area contributed by atoms with Crippen molar-refractivity contribution in [2.45, 2.75) is 25.8 Å². The predicted octanol–water partition coefficient (Wildman–Crippen LogP) is 5.20. The van der Waals surface area contributed by atoms with Gasteiger partial charge in [-0.05, 0) is 48.9 Å². The van der Waals surface area contributed by atoms with Crippen LogP contribution in [0.5, 0.6) is 5.75 Å². The Morgan fingerprint density at radius 3 is 2.59 bits per heavy atom. The van der Waals surface area contributed by atoms with Crippen LogP contribution in [0.2, 0.25) is 10.0 Å². The quantitative estimate of drug-likeness (QED) is 0.511. The van der Waals surface area contributed by atoms with Crippen LogP contribution in [0.25, 0.3) is 11.4 Å². The number of benzene rings is 2. The van der Waals surface area contributed by atoms with Crippen molar-refractivity contribution < 1.29 is 14.1 Å². The fourth-order valence-corrected chi connectivity index (χ4v) is 3.44. The first kappa shape index (κ1) is 21.1. The molecule has 0 N–H and O–H groups in total. The molecule has 0 fully saturated rings. The molecule has 8 heteroatoms. The summed E-state index contributed by atoms with van der Waals surface area (Å²) in [4.78, 5) is 18.6. The maximum atomic E-state index is 12.6. The third-order valence-corrected chi connectivity index (χ3v) is 5.32. The number of carbonyl (C=O) groups excluding carboxylic acids is 1. The molecule has 3 aromatic rings. The van der Waals surface area contributed by atoms with E-state index in [1.54, 1.807) is 31.2 Å². The topological polar surface area (TPSA) is 68.5 Å². The van der Waals surface area contributed by atoms with Crippen LogP contribution in [0.1, 0.15) is 30.8 Å². The van der Waals surface area contributed by atoms with E-state index in [0.717, 1.165) is 16.9 Å². The molecule has 0 radical (unpaired) electrons. The zero-order chi connectivity index (χ0) is 21.0. The molecule has 1 heterocycles. The van der Waals surface area contributed by atoms with Gasteiger partial charge in [0, 0.05) is 35.5 Å². The molecule has 0 aliphatic carbocycles. The lowest BCUT2D eigenvalue weighted by molar-refractivity contribution is -0.131. The molecule has 152 valence electrons. The van der Waals surface area contributed by atoms with Crippen LogP contribution in [0.4, 0.5) is 0 Å². The van der Waals surface area contributed by atoms with Gasteiger partial charge in [-0.15, -0.1) is 0 Å².